The molecule has 0 aromatic heterocycles. The minimum atomic E-state index is -0.957. The first-order valence-electron chi connectivity index (χ1n) is 3.00. The first-order valence-corrected chi connectivity index (χ1v) is 3.74. The second-order valence-electron chi connectivity index (χ2n) is 2.08. The van der Waals surface area contributed by atoms with E-state index in [1.54, 1.807) is 12.2 Å². The number of allylic oxidation sites excluding steroid dienone is 3. The third-order valence-corrected chi connectivity index (χ3v) is 1.82. The predicted octanol–water partition coefficient (Wildman–Crippen LogP) is 0.343. The molecule has 0 fully saturated rings. The number of carboxylic acids is 1. The highest BCUT2D eigenvalue weighted by Crippen LogP contribution is 2.08. The minimum absolute atomic E-state index is 0.250. The number of carboxylic acid groups (broad SMARTS) is 1. The van der Waals surface area contributed by atoms with Crippen LogP contribution in [0, 0.1) is 0 Å². The number of aliphatic carboxylic acids is 1. The Morgan fingerprint density at radius 2 is 2.36 bits per heavy atom. The van der Waals surface area contributed by atoms with Crippen LogP contribution in [0.25, 0.3) is 0 Å². The summed E-state index contributed by atoms with van der Waals surface area (Å²) in [5.74, 6) is -0.957. The Bertz CT molecular complexity index is 295. The Morgan fingerprint density at radius 3 is 2.91 bits per heavy atom. The van der Waals surface area contributed by atoms with Crippen LogP contribution in [0.1, 0.15) is 6.42 Å². The average Bonchev–Trinajstić information content (AvgIpc) is 2.05. The molecule has 1 aliphatic rings. The lowest BCUT2D eigenvalue weighted by Crippen LogP contribution is -2.08. The molecule has 0 aromatic rings. The van der Waals surface area contributed by atoms with E-state index in [4.69, 9.17) is 5.11 Å². The summed E-state index contributed by atoms with van der Waals surface area (Å²) in [5.41, 5.74) is 0.269. The fourth-order valence-corrected chi connectivity index (χ4v) is 1.13. The fraction of sp³-hybridized carbons (Fsp3) is 0.143. The Hall–Kier alpha value is -1.16. The van der Waals surface area contributed by atoms with Gasteiger partial charge in [0.05, 0.1) is 11.3 Å². The molecular formula is C7H6O3S. The molecule has 0 spiro atoms. The Morgan fingerprint density at radius 1 is 1.64 bits per heavy atom. The van der Waals surface area contributed by atoms with E-state index in [1.807, 2.05) is 0 Å². The highest BCUT2D eigenvalue weighted by atomic mass is 32.1. The van der Waals surface area contributed by atoms with Crippen molar-refractivity contribution in [1.82, 2.24) is 0 Å². The molecule has 58 valence electrons. The van der Waals surface area contributed by atoms with Gasteiger partial charge in [-0.1, -0.05) is 12.2 Å². The molecule has 0 bridgehead atoms. The van der Waals surface area contributed by atoms with Gasteiger partial charge in [0.1, 0.15) is 0 Å². The SMILES string of the molecule is O=S=C1C=CC=C(C(=O)O)C1. The number of rotatable bonds is 1. The van der Waals surface area contributed by atoms with Gasteiger partial charge < -0.3 is 5.11 Å². The zero-order valence-electron chi connectivity index (χ0n) is 5.61. The monoisotopic (exact) mass is 170 g/mol. The third-order valence-electron chi connectivity index (χ3n) is 1.33. The van der Waals surface area contributed by atoms with Crippen molar-refractivity contribution in [3.05, 3.63) is 23.8 Å². The van der Waals surface area contributed by atoms with E-state index in [2.05, 4.69) is 0 Å². The zero-order chi connectivity index (χ0) is 8.27. The Kier molecular flexibility index (Phi) is 2.38. The molecule has 11 heavy (non-hydrogen) atoms. The van der Waals surface area contributed by atoms with Gasteiger partial charge in [0.2, 0.25) is 0 Å². The molecule has 3 nitrogen and oxygen atoms in total. The van der Waals surface area contributed by atoms with E-state index in [0.29, 0.717) is 16.1 Å². The highest BCUT2D eigenvalue weighted by Gasteiger charge is 2.10. The largest absolute Gasteiger partial charge is 0.478 e. The van der Waals surface area contributed by atoms with Gasteiger partial charge in [0.15, 0.2) is 0 Å². The van der Waals surface area contributed by atoms with E-state index in [1.165, 1.54) is 6.08 Å². The molecule has 0 saturated carbocycles. The van der Waals surface area contributed by atoms with E-state index in [9.17, 15) is 9.00 Å². The minimum Gasteiger partial charge on any atom is -0.478 e. The Labute approximate surface area is 67.1 Å². The maximum absolute atomic E-state index is 10.4. The van der Waals surface area contributed by atoms with Crippen LogP contribution in [0.15, 0.2) is 23.8 Å². The van der Waals surface area contributed by atoms with Gasteiger partial charge in [-0.25, -0.2) is 9.00 Å². The summed E-state index contributed by atoms with van der Waals surface area (Å²) in [5, 5.41) is 8.52. The second-order valence-corrected chi connectivity index (χ2v) is 2.77. The van der Waals surface area contributed by atoms with Gasteiger partial charge >= 0.3 is 5.97 Å². The van der Waals surface area contributed by atoms with Crippen LogP contribution < -0.4 is 0 Å². The number of hydrogen-bond acceptors (Lipinski definition) is 2. The van der Waals surface area contributed by atoms with Gasteiger partial charge in [-0.3, -0.25) is 0 Å². The normalized spacial score (nSPS) is 16.0. The summed E-state index contributed by atoms with van der Waals surface area (Å²) >= 11 is 0.343. The number of hydrogen-bond donors (Lipinski definition) is 1. The molecule has 1 N–H and O–H groups in total. The lowest BCUT2D eigenvalue weighted by molar-refractivity contribution is -0.132. The quantitative estimate of drug-likeness (QED) is 0.577. The van der Waals surface area contributed by atoms with Gasteiger partial charge in [-0.15, -0.1) is 0 Å². The molecule has 0 atom stereocenters. The molecular weight excluding hydrogens is 164 g/mol. The summed E-state index contributed by atoms with van der Waals surface area (Å²) < 4.78 is 10.3. The van der Waals surface area contributed by atoms with E-state index < -0.39 is 5.97 Å². The molecule has 0 saturated heterocycles. The third kappa shape index (κ3) is 1.88. The molecule has 0 unspecified atom stereocenters. The van der Waals surface area contributed by atoms with Gasteiger partial charge in [0.25, 0.3) is 0 Å². The summed E-state index contributed by atoms with van der Waals surface area (Å²) in [6.07, 6.45) is 4.96. The van der Waals surface area contributed by atoms with Crippen molar-refractivity contribution < 1.29 is 14.1 Å². The molecule has 0 aliphatic heterocycles. The van der Waals surface area contributed by atoms with Crippen LogP contribution in [-0.4, -0.2) is 20.1 Å². The molecule has 0 heterocycles. The van der Waals surface area contributed by atoms with E-state index in [-0.39, 0.29) is 12.0 Å². The fourth-order valence-electron chi connectivity index (χ4n) is 0.781. The maximum atomic E-state index is 10.4. The average molecular weight is 170 g/mol. The first-order chi connectivity index (χ1) is 5.24. The van der Waals surface area contributed by atoms with Crippen LogP contribution in [0.5, 0.6) is 0 Å². The molecule has 0 amide bonds. The smallest absolute Gasteiger partial charge is 0.331 e. The van der Waals surface area contributed by atoms with E-state index >= 15 is 0 Å². The topological polar surface area (TPSA) is 54.4 Å². The first kappa shape index (κ1) is 7.94. The van der Waals surface area contributed by atoms with Crippen molar-refractivity contribution in [2.24, 2.45) is 0 Å². The molecule has 1 rings (SSSR count). The van der Waals surface area contributed by atoms with Crippen LogP contribution >= 0.6 is 0 Å². The van der Waals surface area contributed by atoms with Crippen molar-refractivity contribution >= 4 is 22.1 Å². The molecule has 1 aliphatic carbocycles. The molecule has 4 heteroatoms. The summed E-state index contributed by atoms with van der Waals surface area (Å²) in [4.78, 5) is 10.9. The molecule has 0 aromatic carbocycles. The zero-order valence-corrected chi connectivity index (χ0v) is 6.43. The van der Waals surface area contributed by atoms with Crippen molar-refractivity contribution in [1.29, 1.82) is 0 Å². The van der Waals surface area contributed by atoms with Gasteiger partial charge in [0, 0.05) is 16.9 Å². The van der Waals surface area contributed by atoms with Crippen LogP contribution in [0.3, 0.4) is 0 Å². The summed E-state index contributed by atoms with van der Waals surface area (Å²) in [6.45, 7) is 0. The van der Waals surface area contributed by atoms with Crippen LogP contribution in [-0.2, 0) is 16.1 Å². The van der Waals surface area contributed by atoms with Gasteiger partial charge in [-0.2, -0.15) is 0 Å². The van der Waals surface area contributed by atoms with Crippen molar-refractivity contribution in [2.45, 2.75) is 6.42 Å². The summed E-state index contributed by atoms with van der Waals surface area (Å²) in [6, 6.07) is 0. The van der Waals surface area contributed by atoms with E-state index in [0.717, 1.165) is 0 Å². The van der Waals surface area contributed by atoms with Crippen LogP contribution in [0.2, 0.25) is 0 Å². The lowest BCUT2D eigenvalue weighted by atomic mass is 10.1. The summed E-state index contributed by atoms with van der Waals surface area (Å²) in [7, 11) is 0. The van der Waals surface area contributed by atoms with Crippen molar-refractivity contribution in [3.8, 4) is 0 Å². The maximum Gasteiger partial charge on any atom is 0.331 e. The Balaban J connectivity index is 2.89. The second kappa shape index (κ2) is 3.30. The highest BCUT2D eigenvalue weighted by molar-refractivity contribution is 7.67. The van der Waals surface area contributed by atoms with Crippen molar-refractivity contribution in [2.75, 3.05) is 0 Å². The lowest BCUT2D eigenvalue weighted by Gasteiger charge is -2.02. The molecule has 0 radical (unpaired) electrons. The van der Waals surface area contributed by atoms with Crippen LogP contribution in [0.4, 0.5) is 0 Å². The van der Waals surface area contributed by atoms with Gasteiger partial charge in [-0.05, 0) is 6.08 Å². The standard InChI is InChI=1S/C7H6O3S/c8-7(9)5-2-1-3-6(4-5)11-10/h1-3H,4H2,(H,8,9). The number of carbonyl (C=O) groups is 1. The predicted molar refractivity (Wildman–Crippen MR) is 42.6 cm³/mol. The van der Waals surface area contributed by atoms with Crippen molar-refractivity contribution in [3.63, 3.8) is 0 Å².